The molecule has 21 heavy (non-hydrogen) atoms. The Kier molecular flexibility index (Phi) is 3.88. The summed E-state index contributed by atoms with van der Waals surface area (Å²) in [5, 5.41) is -0.0502. The number of methoxy groups -OCH3 is 1. The molecule has 1 saturated heterocycles. The predicted molar refractivity (Wildman–Crippen MR) is 84.6 cm³/mol. The minimum absolute atomic E-state index is 0.0502. The lowest BCUT2D eigenvalue weighted by Crippen LogP contribution is -2.54. The van der Waals surface area contributed by atoms with Gasteiger partial charge in [-0.25, -0.2) is 0 Å². The molecule has 1 amide bonds. The molecule has 0 saturated carbocycles. The lowest BCUT2D eigenvalue weighted by atomic mass is 9.94. The van der Waals surface area contributed by atoms with E-state index >= 15 is 0 Å². The predicted octanol–water partition coefficient (Wildman–Crippen LogP) is 3.37. The van der Waals surface area contributed by atoms with Crippen LogP contribution in [0.5, 0.6) is 5.75 Å². The van der Waals surface area contributed by atoms with E-state index in [1.54, 1.807) is 18.9 Å². The Balaban J connectivity index is 1.80. The summed E-state index contributed by atoms with van der Waals surface area (Å²) in [7, 11) is 3.52. The van der Waals surface area contributed by atoms with Crippen LogP contribution in [0.15, 0.2) is 59.5 Å². The number of ether oxygens (including phenoxy) is 1. The topological polar surface area (TPSA) is 29.5 Å². The van der Waals surface area contributed by atoms with Gasteiger partial charge in [0.1, 0.15) is 11.0 Å². The van der Waals surface area contributed by atoms with Crippen LogP contribution in [0.1, 0.15) is 11.6 Å². The molecule has 0 N–H and O–H groups in total. The molecule has 0 unspecified atom stereocenters. The number of amides is 1. The molecule has 2 atom stereocenters. The number of hydrogen-bond acceptors (Lipinski definition) is 3. The van der Waals surface area contributed by atoms with Crippen molar-refractivity contribution in [3.63, 3.8) is 0 Å². The van der Waals surface area contributed by atoms with Gasteiger partial charge in [0.05, 0.1) is 13.2 Å². The lowest BCUT2D eigenvalue weighted by molar-refractivity contribution is -0.142. The zero-order valence-corrected chi connectivity index (χ0v) is 12.8. The van der Waals surface area contributed by atoms with E-state index in [0.29, 0.717) is 0 Å². The Morgan fingerprint density at radius 2 is 1.71 bits per heavy atom. The summed E-state index contributed by atoms with van der Waals surface area (Å²) in [4.78, 5) is 15.1. The van der Waals surface area contributed by atoms with Crippen molar-refractivity contribution in [3.8, 4) is 5.75 Å². The number of benzene rings is 2. The number of thioether (sulfide) groups is 1. The summed E-state index contributed by atoms with van der Waals surface area (Å²) in [6.45, 7) is 0. The summed E-state index contributed by atoms with van der Waals surface area (Å²) in [6.07, 6.45) is 0. The minimum atomic E-state index is -0.0502. The molecule has 0 bridgehead atoms. The average Bonchev–Trinajstić information content (AvgIpc) is 2.55. The van der Waals surface area contributed by atoms with E-state index in [-0.39, 0.29) is 17.2 Å². The first kappa shape index (κ1) is 14.0. The Morgan fingerprint density at radius 3 is 2.33 bits per heavy atom. The number of rotatable bonds is 4. The Labute approximate surface area is 128 Å². The van der Waals surface area contributed by atoms with Crippen LogP contribution in [-0.4, -0.2) is 30.2 Å². The molecule has 108 valence electrons. The molecule has 0 aliphatic carbocycles. The van der Waals surface area contributed by atoms with E-state index in [1.165, 1.54) is 0 Å². The van der Waals surface area contributed by atoms with E-state index in [0.717, 1.165) is 16.2 Å². The third-order valence-corrected chi connectivity index (χ3v) is 5.02. The van der Waals surface area contributed by atoms with E-state index in [4.69, 9.17) is 4.74 Å². The highest BCUT2D eigenvalue weighted by molar-refractivity contribution is 8.00. The second-order valence-electron chi connectivity index (χ2n) is 5.02. The quantitative estimate of drug-likeness (QED) is 0.811. The molecule has 0 radical (unpaired) electrons. The fraction of sp³-hybridized carbons (Fsp3) is 0.235. The number of carbonyl (C=O) groups excluding carboxylic acids is 1. The maximum absolute atomic E-state index is 12.2. The van der Waals surface area contributed by atoms with Gasteiger partial charge < -0.3 is 9.64 Å². The summed E-state index contributed by atoms with van der Waals surface area (Å²) in [5.41, 5.74) is 1.14. The summed E-state index contributed by atoms with van der Waals surface area (Å²) >= 11 is 1.63. The van der Waals surface area contributed by atoms with Gasteiger partial charge in [-0.05, 0) is 29.8 Å². The van der Waals surface area contributed by atoms with Crippen LogP contribution >= 0.6 is 11.8 Å². The molecule has 1 heterocycles. The average molecular weight is 299 g/mol. The van der Waals surface area contributed by atoms with Gasteiger partial charge in [0, 0.05) is 11.9 Å². The third-order valence-electron chi connectivity index (χ3n) is 3.76. The molecule has 1 fully saturated rings. The van der Waals surface area contributed by atoms with Crippen LogP contribution in [0.3, 0.4) is 0 Å². The number of hydrogen-bond donors (Lipinski definition) is 0. The molecule has 2 aromatic carbocycles. The van der Waals surface area contributed by atoms with Gasteiger partial charge in [-0.3, -0.25) is 4.79 Å². The monoisotopic (exact) mass is 299 g/mol. The molecule has 2 aromatic rings. The van der Waals surface area contributed by atoms with E-state index < -0.39 is 0 Å². The lowest BCUT2D eigenvalue weighted by Gasteiger charge is -2.44. The zero-order chi connectivity index (χ0) is 14.8. The number of nitrogens with zero attached hydrogens (tertiary/aromatic N) is 1. The van der Waals surface area contributed by atoms with Crippen molar-refractivity contribution in [1.29, 1.82) is 0 Å². The fourth-order valence-corrected chi connectivity index (χ4v) is 3.90. The number of carbonyl (C=O) groups is 1. The Bertz CT molecular complexity index is 627. The Hall–Kier alpha value is -1.94. The molecule has 1 aliphatic rings. The molecule has 3 rings (SSSR count). The van der Waals surface area contributed by atoms with Gasteiger partial charge in [0.25, 0.3) is 0 Å². The second-order valence-corrected chi connectivity index (χ2v) is 6.23. The first-order valence-electron chi connectivity index (χ1n) is 6.83. The van der Waals surface area contributed by atoms with Gasteiger partial charge in [0.2, 0.25) is 5.91 Å². The van der Waals surface area contributed by atoms with Crippen LogP contribution in [0.4, 0.5) is 0 Å². The van der Waals surface area contributed by atoms with Crippen LogP contribution in [0, 0.1) is 0 Å². The van der Waals surface area contributed by atoms with Gasteiger partial charge in [-0.2, -0.15) is 0 Å². The van der Waals surface area contributed by atoms with Crippen molar-refractivity contribution in [2.45, 2.75) is 16.2 Å². The fourth-order valence-electron chi connectivity index (χ4n) is 2.55. The molecule has 4 heteroatoms. The van der Waals surface area contributed by atoms with Crippen molar-refractivity contribution in [2.24, 2.45) is 0 Å². The number of β-lactam (4-membered cyclic amide) rings is 1. The second kappa shape index (κ2) is 5.82. The van der Waals surface area contributed by atoms with E-state index in [2.05, 4.69) is 0 Å². The highest BCUT2D eigenvalue weighted by Gasteiger charge is 2.46. The summed E-state index contributed by atoms with van der Waals surface area (Å²) in [5.74, 6) is 1.02. The van der Waals surface area contributed by atoms with Crippen molar-refractivity contribution >= 4 is 17.7 Å². The van der Waals surface area contributed by atoms with E-state index in [9.17, 15) is 4.79 Å². The van der Waals surface area contributed by atoms with Crippen LogP contribution in [-0.2, 0) is 4.79 Å². The smallest absolute Gasteiger partial charge is 0.238 e. The van der Waals surface area contributed by atoms with Crippen LogP contribution < -0.4 is 4.74 Å². The van der Waals surface area contributed by atoms with Crippen molar-refractivity contribution in [1.82, 2.24) is 4.90 Å². The molecule has 1 aliphatic heterocycles. The van der Waals surface area contributed by atoms with Crippen molar-refractivity contribution in [2.75, 3.05) is 14.2 Å². The van der Waals surface area contributed by atoms with Gasteiger partial charge in [-0.15, -0.1) is 11.8 Å². The normalized spacial score (nSPS) is 21.0. The molecular formula is C17H17NO2S. The first-order chi connectivity index (χ1) is 10.2. The van der Waals surface area contributed by atoms with Crippen molar-refractivity contribution < 1.29 is 9.53 Å². The Morgan fingerprint density at radius 1 is 1.05 bits per heavy atom. The maximum Gasteiger partial charge on any atom is 0.238 e. The summed E-state index contributed by atoms with van der Waals surface area (Å²) < 4.78 is 5.19. The van der Waals surface area contributed by atoms with Gasteiger partial charge >= 0.3 is 0 Å². The molecule has 3 nitrogen and oxygen atoms in total. The zero-order valence-electron chi connectivity index (χ0n) is 12.0. The SMILES string of the molecule is COc1ccc([C@@H]2[C@H](Sc3ccccc3)C(=O)N2C)cc1. The highest BCUT2D eigenvalue weighted by Crippen LogP contribution is 2.44. The molecule has 0 spiro atoms. The van der Waals surface area contributed by atoms with Crippen LogP contribution in [0.2, 0.25) is 0 Å². The van der Waals surface area contributed by atoms with Crippen molar-refractivity contribution in [3.05, 3.63) is 60.2 Å². The molecular weight excluding hydrogens is 282 g/mol. The number of likely N-dealkylation sites (tertiary alicyclic amines) is 1. The molecule has 0 aromatic heterocycles. The largest absolute Gasteiger partial charge is 0.497 e. The standard InChI is InChI=1S/C17H17NO2S/c1-18-15(12-8-10-13(20-2)11-9-12)16(17(18)19)21-14-6-4-3-5-7-14/h3-11,15-16H,1-2H3/t15-,16+/m1/s1. The first-order valence-corrected chi connectivity index (χ1v) is 7.71. The minimum Gasteiger partial charge on any atom is -0.497 e. The van der Waals surface area contributed by atoms with Gasteiger partial charge in [-0.1, -0.05) is 30.3 Å². The third kappa shape index (κ3) is 2.63. The van der Waals surface area contributed by atoms with Gasteiger partial charge in [0.15, 0.2) is 0 Å². The summed E-state index contributed by atoms with van der Waals surface area (Å²) in [6, 6.07) is 18.1. The van der Waals surface area contributed by atoms with Crippen LogP contribution in [0.25, 0.3) is 0 Å². The van der Waals surface area contributed by atoms with E-state index in [1.807, 2.05) is 66.5 Å². The highest BCUT2D eigenvalue weighted by atomic mass is 32.2. The maximum atomic E-state index is 12.2.